The molecule has 2 unspecified atom stereocenters. The van der Waals surface area contributed by atoms with Crippen molar-refractivity contribution in [1.29, 1.82) is 0 Å². The number of aliphatic hydroxyl groups is 1. The number of carboxylic acid groups (broad SMARTS) is 1. The van der Waals surface area contributed by atoms with Gasteiger partial charge >= 0.3 is 5.97 Å². The van der Waals surface area contributed by atoms with Gasteiger partial charge < -0.3 is 24.6 Å². The van der Waals surface area contributed by atoms with Gasteiger partial charge in [0, 0.05) is 70.7 Å². The number of anilines is 1. The van der Waals surface area contributed by atoms with Gasteiger partial charge in [-0.2, -0.15) is 4.58 Å². The maximum atomic E-state index is 14.1. The van der Waals surface area contributed by atoms with E-state index in [2.05, 4.69) is 18.7 Å². The zero-order valence-corrected chi connectivity index (χ0v) is 31.7. The number of aliphatic hydroxyl groups excluding tert-OH is 1. The van der Waals surface area contributed by atoms with Gasteiger partial charge in [0.2, 0.25) is 5.69 Å². The summed E-state index contributed by atoms with van der Waals surface area (Å²) in [4.78, 5) is 49.4. The molecule has 3 aliphatic rings. The summed E-state index contributed by atoms with van der Waals surface area (Å²) in [5, 5.41) is 44.3. The number of ether oxygens (including phenoxy) is 2. The Hall–Kier alpha value is -5.89. The van der Waals surface area contributed by atoms with Crippen molar-refractivity contribution in [3.63, 3.8) is 0 Å². The molecular formula is C41H45N4O10+. The van der Waals surface area contributed by atoms with Crippen LogP contribution in [0.3, 0.4) is 0 Å². The molecular weight excluding hydrogens is 708 g/mol. The predicted octanol–water partition coefficient (Wildman–Crippen LogP) is 6.91. The molecule has 3 aromatic carbocycles. The van der Waals surface area contributed by atoms with E-state index in [1.54, 1.807) is 26.4 Å². The summed E-state index contributed by atoms with van der Waals surface area (Å²) in [6.45, 7) is 8.65. The smallest absolute Gasteiger partial charge is 0.303 e. The van der Waals surface area contributed by atoms with Gasteiger partial charge in [0.1, 0.15) is 11.5 Å². The first-order chi connectivity index (χ1) is 26.0. The van der Waals surface area contributed by atoms with Gasteiger partial charge in [-0.05, 0) is 62.6 Å². The quantitative estimate of drug-likeness (QED) is 0.0573. The third-order valence-corrected chi connectivity index (χ3v) is 11.1. The van der Waals surface area contributed by atoms with E-state index < -0.39 is 50.0 Å². The number of non-ortho nitro benzene ring substituents is 2. The van der Waals surface area contributed by atoms with Crippen LogP contribution in [0.2, 0.25) is 0 Å². The van der Waals surface area contributed by atoms with E-state index in [-0.39, 0.29) is 24.3 Å². The van der Waals surface area contributed by atoms with Crippen molar-refractivity contribution < 1.29 is 43.7 Å². The third-order valence-electron chi connectivity index (χ3n) is 11.1. The molecule has 0 aromatic heterocycles. The summed E-state index contributed by atoms with van der Waals surface area (Å²) in [5.74, 6) is -0.637. The molecule has 2 atom stereocenters. The number of nitrogens with zero attached hydrogens (tertiary/aromatic N) is 4. The number of carbonyl (C=O) groups excluding carboxylic acids is 1. The van der Waals surface area contributed by atoms with Crippen molar-refractivity contribution in [2.75, 3.05) is 25.7 Å². The van der Waals surface area contributed by atoms with Crippen molar-refractivity contribution in [2.24, 2.45) is 5.92 Å². The molecule has 0 bridgehead atoms. The van der Waals surface area contributed by atoms with Gasteiger partial charge in [-0.15, -0.1) is 0 Å². The van der Waals surface area contributed by atoms with E-state index >= 15 is 0 Å². The van der Waals surface area contributed by atoms with E-state index in [1.165, 1.54) is 12.1 Å². The Kier molecular flexibility index (Phi) is 10.4. The highest BCUT2D eigenvalue weighted by Gasteiger charge is 2.50. The molecule has 6 rings (SSSR count). The number of hydrogen-bond acceptors (Lipinski definition) is 10. The van der Waals surface area contributed by atoms with Gasteiger partial charge in [0.05, 0.1) is 47.6 Å². The lowest BCUT2D eigenvalue weighted by Crippen LogP contribution is -2.46. The molecule has 1 aliphatic carbocycles. The third kappa shape index (κ3) is 7.09. The van der Waals surface area contributed by atoms with Gasteiger partial charge in [-0.25, -0.2) is 0 Å². The number of allylic oxidation sites excluding steroid dienone is 2. The Morgan fingerprint density at radius 1 is 0.891 bits per heavy atom. The van der Waals surface area contributed by atoms with Gasteiger partial charge in [0.15, 0.2) is 18.0 Å². The van der Waals surface area contributed by atoms with Crippen molar-refractivity contribution in [3.05, 3.63) is 115 Å². The lowest BCUT2D eigenvalue weighted by molar-refractivity contribution is -0.455. The van der Waals surface area contributed by atoms with Crippen LogP contribution in [0.15, 0.2) is 78.0 Å². The van der Waals surface area contributed by atoms with E-state index in [4.69, 9.17) is 14.6 Å². The largest absolute Gasteiger partial charge is 0.497 e. The molecule has 0 spiro atoms. The SMILES string of the molecule is COc1ccc2c(c1)C(C)(C)C(=CC1C(=O)C(=CC3=[N+](Cc4cc([N+](=O)[O-])cc([N+](=O)[O-])c4)c4ccc(OC)cc4C3(C)C)C1O)N2CCCCCC(=O)O. The summed E-state index contributed by atoms with van der Waals surface area (Å²) in [7, 11) is 3.15. The zero-order chi connectivity index (χ0) is 40.0. The minimum Gasteiger partial charge on any atom is -0.497 e. The van der Waals surface area contributed by atoms with E-state index in [0.29, 0.717) is 42.2 Å². The van der Waals surface area contributed by atoms with E-state index in [1.807, 2.05) is 54.8 Å². The number of methoxy groups -OCH3 is 2. The van der Waals surface area contributed by atoms with Crippen LogP contribution in [-0.4, -0.2) is 69.0 Å². The summed E-state index contributed by atoms with van der Waals surface area (Å²) >= 11 is 0. The van der Waals surface area contributed by atoms with Crippen LogP contribution in [0, 0.1) is 26.1 Å². The Labute approximate surface area is 318 Å². The van der Waals surface area contributed by atoms with Crippen molar-refractivity contribution >= 4 is 40.2 Å². The fourth-order valence-corrected chi connectivity index (χ4v) is 8.02. The molecule has 288 valence electrons. The number of benzene rings is 3. The first-order valence-electron chi connectivity index (χ1n) is 18.1. The highest BCUT2D eigenvalue weighted by atomic mass is 16.6. The Bertz CT molecular complexity index is 2170. The monoisotopic (exact) mass is 753 g/mol. The van der Waals surface area contributed by atoms with Gasteiger partial charge in [-0.3, -0.25) is 29.8 Å². The fraction of sp³-hybridized carbons (Fsp3) is 0.390. The summed E-state index contributed by atoms with van der Waals surface area (Å²) < 4.78 is 12.9. The predicted molar refractivity (Wildman–Crippen MR) is 205 cm³/mol. The van der Waals surface area contributed by atoms with Crippen LogP contribution in [0.4, 0.5) is 22.7 Å². The van der Waals surface area contributed by atoms with Crippen LogP contribution in [0.25, 0.3) is 0 Å². The number of unbranched alkanes of at least 4 members (excludes halogenated alkanes) is 2. The fourth-order valence-electron chi connectivity index (χ4n) is 8.02. The number of rotatable bonds is 14. The number of ketones is 1. The lowest BCUT2D eigenvalue weighted by atomic mass is 9.71. The highest BCUT2D eigenvalue weighted by Crippen LogP contribution is 2.51. The number of aliphatic carboxylic acids is 1. The van der Waals surface area contributed by atoms with Gasteiger partial charge in [0.25, 0.3) is 11.4 Å². The first-order valence-corrected chi connectivity index (χ1v) is 18.1. The van der Waals surface area contributed by atoms with Crippen LogP contribution < -0.4 is 14.4 Å². The molecule has 1 saturated carbocycles. The summed E-state index contributed by atoms with van der Waals surface area (Å²) in [5.41, 5.74) is 3.43. The molecule has 2 heterocycles. The maximum absolute atomic E-state index is 14.1. The Morgan fingerprint density at radius 2 is 1.51 bits per heavy atom. The number of carbonyl (C=O) groups is 2. The standard InChI is InChI=1S/C41H44N4O10/c1-40(2)31-19-27(54-5)11-13-33(31)42(15-9-7-8-10-37(46)47)35(40)21-29-38(48)30(39(29)49)22-36-41(3,4)32-20-28(55-6)12-14-34(32)43(36)23-24-16-25(44(50)51)18-26(17-24)45(52)53/h11-14,16-22,29,38,48H,7-10,15,23H2,1-6H3/p+1. The summed E-state index contributed by atoms with van der Waals surface area (Å²) in [6.07, 6.45) is 4.46. The number of carboxylic acids is 1. The van der Waals surface area contributed by atoms with Crippen LogP contribution in [-0.2, 0) is 27.0 Å². The molecule has 2 aliphatic heterocycles. The average molecular weight is 754 g/mol. The number of nitro groups is 2. The van der Waals surface area contributed by atoms with Gasteiger partial charge in [-0.1, -0.05) is 26.3 Å². The molecule has 14 nitrogen and oxygen atoms in total. The minimum absolute atomic E-state index is 0.0134. The number of fused-ring (bicyclic) bond motifs is 2. The molecule has 55 heavy (non-hydrogen) atoms. The van der Waals surface area contributed by atoms with E-state index in [9.17, 15) is 34.9 Å². The molecule has 0 amide bonds. The molecule has 3 aromatic rings. The van der Waals surface area contributed by atoms with Crippen molar-refractivity contribution in [1.82, 2.24) is 0 Å². The highest BCUT2D eigenvalue weighted by molar-refractivity contribution is 6.14. The number of Topliss-reactive ketones (excluding diaryl/α,β-unsaturated/α-hetero) is 1. The average Bonchev–Trinajstić information content (AvgIpc) is 3.48. The second-order valence-corrected chi connectivity index (χ2v) is 15.2. The molecule has 14 heteroatoms. The van der Waals surface area contributed by atoms with Crippen molar-refractivity contribution in [2.45, 2.75) is 76.9 Å². The van der Waals surface area contributed by atoms with Crippen LogP contribution in [0.5, 0.6) is 11.5 Å². The Morgan fingerprint density at radius 3 is 2.09 bits per heavy atom. The first kappa shape index (κ1) is 38.8. The topological polar surface area (TPSA) is 186 Å². The number of hydrogen-bond donors (Lipinski definition) is 2. The lowest BCUT2D eigenvalue weighted by Gasteiger charge is -2.35. The zero-order valence-electron chi connectivity index (χ0n) is 31.7. The Balaban J connectivity index is 1.38. The maximum Gasteiger partial charge on any atom is 0.303 e. The molecule has 1 fully saturated rings. The summed E-state index contributed by atoms with van der Waals surface area (Å²) in [6, 6.07) is 14.8. The molecule has 2 N–H and O–H groups in total. The van der Waals surface area contributed by atoms with Crippen LogP contribution in [0.1, 0.15) is 70.1 Å². The van der Waals surface area contributed by atoms with E-state index in [0.717, 1.165) is 40.7 Å². The normalized spacial score (nSPS) is 20.7. The molecule has 0 radical (unpaired) electrons. The second-order valence-electron chi connectivity index (χ2n) is 15.2. The van der Waals surface area contributed by atoms with Crippen molar-refractivity contribution in [3.8, 4) is 11.5 Å². The van der Waals surface area contributed by atoms with Crippen LogP contribution >= 0.6 is 0 Å². The number of nitro benzene ring substituents is 2. The second kappa shape index (κ2) is 14.7. The molecule has 0 saturated heterocycles. The minimum atomic E-state index is -1.14.